The predicted octanol–water partition coefficient (Wildman–Crippen LogP) is 18.3. The summed E-state index contributed by atoms with van der Waals surface area (Å²) in [4.78, 5) is 8.00. The van der Waals surface area contributed by atoms with Crippen LogP contribution in [0, 0.1) is 0 Å². The monoisotopic (exact) mass is 958 g/mol. The summed E-state index contributed by atoms with van der Waals surface area (Å²) in [6.45, 7) is 4.98. The molecule has 0 aliphatic carbocycles. The number of fused-ring (bicyclic) bond motifs is 7. The number of nitrogens with zero attached hydrogens (tertiary/aromatic N) is 2. The summed E-state index contributed by atoms with van der Waals surface area (Å²) in [5.41, 5.74) is 18.7. The van der Waals surface area contributed by atoms with Crippen LogP contribution in [0.3, 0.4) is 0 Å². The maximum atomic E-state index is 5.68. The Morgan fingerprint density at radius 1 is 0.297 bits per heavy atom. The first-order chi connectivity index (χ1) is 36.5. The van der Waals surface area contributed by atoms with E-state index in [4.69, 9.17) is 4.98 Å². The van der Waals surface area contributed by atoms with Gasteiger partial charge in [0.15, 0.2) is 0 Å². The van der Waals surface area contributed by atoms with Gasteiger partial charge in [0.2, 0.25) is 0 Å². The van der Waals surface area contributed by atoms with Gasteiger partial charge in [-0.3, -0.25) is 0 Å². The average molecular weight is 959 g/mol. The van der Waals surface area contributed by atoms with Crippen molar-refractivity contribution in [3.05, 3.63) is 267 Å². The molecule has 0 fully saturated rings. The Labute approximate surface area is 433 Å². The third-order valence-electron chi connectivity index (χ3n) is 15.6. The summed E-state index contributed by atoms with van der Waals surface area (Å²) in [6.07, 6.45) is 0. The van der Waals surface area contributed by atoms with E-state index >= 15 is 0 Å². The van der Waals surface area contributed by atoms with E-state index in [1.54, 1.807) is 0 Å². The van der Waals surface area contributed by atoms with Crippen molar-refractivity contribution >= 4 is 78.7 Å². The summed E-state index contributed by atoms with van der Waals surface area (Å²) in [5.74, 6) is 0. The zero-order valence-electron chi connectivity index (χ0n) is 41.3. The Kier molecular flexibility index (Phi) is 10.3. The molecule has 1 aliphatic heterocycles. The molecule has 13 aromatic rings. The van der Waals surface area contributed by atoms with Crippen LogP contribution in [0.4, 0.5) is 17.1 Å². The van der Waals surface area contributed by atoms with E-state index in [1.165, 1.54) is 76.1 Å². The van der Waals surface area contributed by atoms with Crippen LogP contribution in [-0.2, 0) is 0 Å². The lowest BCUT2D eigenvalue weighted by Gasteiger charge is -2.25. The lowest BCUT2D eigenvalue weighted by Crippen LogP contribution is -2.49. The lowest BCUT2D eigenvalue weighted by atomic mass is 9.85. The highest BCUT2D eigenvalue weighted by molar-refractivity contribution is 7.03. The van der Waals surface area contributed by atoms with Crippen molar-refractivity contribution in [2.75, 3.05) is 4.90 Å². The second-order valence-corrected chi connectivity index (χ2v) is 24.5. The van der Waals surface area contributed by atoms with Crippen molar-refractivity contribution in [2.45, 2.75) is 13.1 Å². The van der Waals surface area contributed by atoms with Gasteiger partial charge in [0.05, 0.1) is 11.2 Å². The molecule has 348 valence electrons. The minimum absolute atomic E-state index is 0.976. The van der Waals surface area contributed by atoms with Gasteiger partial charge in [-0.2, -0.15) is 0 Å². The average Bonchev–Trinajstić information content (AvgIpc) is 3.69. The van der Waals surface area contributed by atoms with Crippen molar-refractivity contribution in [1.82, 2.24) is 4.98 Å². The second-order valence-electron chi connectivity index (χ2n) is 20.2. The molecule has 1 aliphatic rings. The van der Waals surface area contributed by atoms with Crippen molar-refractivity contribution in [3.63, 3.8) is 0 Å². The molecule has 1 aromatic heterocycles. The van der Waals surface area contributed by atoms with Gasteiger partial charge in [-0.1, -0.05) is 231 Å². The van der Waals surface area contributed by atoms with E-state index in [0.717, 1.165) is 61.5 Å². The molecule has 0 bridgehead atoms. The molecule has 2 heterocycles. The highest BCUT2D eigenvalue weighted by atomic mass is 28.3. The summed E-state index contributed by atoms with van der Waals surface area (Å²) >= 11 is 0. The Morgan fingerprint density at radius 3 is 1.45 bits per heavy atom. The molecule has 0 radical (unpaired) electrons. The molecule has 0 saturated heterocycles. The molecule has 0 amide bonds. The molecule has 0 saturated carbocycles. The fraction of sp³-hybridized carbons (Fsp3) is 0.0282. The normalized spacial score (nSPS) is 12.6. The Morgan fingerprint density at radius 2 is 0.770 bits per heavy atom. The molecule has 74 heavy (non-hydrogen) atoms. The van der Waals surface area contributed by atoms with Crippen molar-refractivity contribution < 1.29 is 0 Å². The van der Waals surface area contributed by atoms with Crippen molar-refractivity contribution in [1.29, 1.82) is 0 Å². The molecule has 0 atom stereocenters. The summed E-state index contributed by atoms with van der Waals surface area (Å²) in [6, 6.07) is 98.1. The fourth-order valence-corrected chi connectivity index (χ4v) is 15.1. The topological polar surface area (TPSA) is 16.1 Å². The summed E-state index contributed by atoms with van der Waals surface area (Å²) < 4.78 is 0. The number of hydrogen-bond acceptors (Lipinski definition) is 2. The van der Waals surface area contributed by atoms with Crippen LogP contribution in [0.5, 0.6) is 0 Å². The molecule has 0 unspecified atom stereocenters. The van der Waals surface area contributed by atoms with Crippen LogP contribution < -0.4 is 15.3 Å². The van der Waals surface area contributed by atoms with E-state index < -0.39 is 8.07 Å². The van der Waals surface area contributed by atoms with Gasteiger partial charge in [-0.25, -0.2) is 4.98 Å². The third-order valence-corrected chi connectivity index (χ3v) is 19.2. The first kappa shape index (κ1) is 43.6. The van der Waals surface area contributed by atoms with E-state index in [-0.39, 0.29) is 0 Å². The van der Waals surface area contributed by atoms with Crippen molar-refractivity contribution in [2.24, 2.45) is 0 Å². The standard InChI is InChI=1S/C71H50N2Si/c1-74(2)67-31-16-15-24-58(67)59-43-40-52(45-68(59)74)66-46-65(49-38-41-56(42-39-49)73(54-20-5-3-6-21-54)55-22-7-4-8-23-55)64-30-17-29-57(71(64)72-66)48-33-35-50(36-34-48)69-60-25-11-13-27-62(60)70(63-28-14-12-26-61(63)69)53-37-32-47-18-9-10-19-51(47)44-53/h3-46H,1-2H3. The van der Waals surface area contributed by atoms with Crippen LogP contribution in [0.2, 0.25) is 13.1 Å². The zero-order valence-corrected chi connectivity index (χ0v) is 42.3. The zero-order chi connectivity index (χ0) is 49.3. The van der Waals surface area contributed by atoms with Crippen LogP contribution in [0.25, 0.3) is 110 Å². The van der Waals surface area contributed by atoms with E-state index in [1.807, 2.05) is 0 Å². The Hall–Kier alpha value is -9.15. The molecule has 14 rings (SSSR count). The van der Waals surface area contributed by atoms with Gasteiger partial charge in [0, 0.05) is 33.6 Å². The highest BCUT2D eigenvalue weighted by Gasteiger charge is 2.37. The third kappa shape index (κ3) is 7.19. The number of aromatic nitrogens is 1. The molecule has 0 N–H and O–H groups in total. The minimum atomic E-state index is -1.95. The molecule has 2 nitrogen and oxygen atoms in total. The van der Waals surface area contributed by atoms with Gasteiger partial charge >= 0.3 is 0 Å². The molecular formula is C71H50N2Si. The summed E-state index contributed by atoms with van der Waals surface area (Å²) in [7, 11) is -1.95. The molecule has 3 heteroatoms. The Bertz CT molecular complexity index is 4220. The van der Waals surface area contributed by atoms with Gasteiger partial charge < -0.3 is 4.90 Å². The minimum Gasteiger partial charge on any atom is -0.311 e. The second kappa shape index (κ2) is 17.6. The SMILES string of the molecule is C[Si]1(C)c2ccccc2-c2ccc(-c3cc(-c4ccc(N(c5ccccc5)c5ccccc5)cc4)c4cccc(-c5ccc(-c6c7ccccc7c(-c7ccc8ccccc8c7)c7ccccc67)cc5)c4n3)cc21. The largest absolute Gasteiger partial charge is 0.311 e. The van der Waals surface area contributed by atoms with E-state index in [0.29, 0.717) is 0 Å². The van der Waals surface area contributed by atoms with E-state index in [2.05, 4.69) is 285 Å². The maximum Gasteiger partial charge on any atom is 0.113 e. The molecular weight excluding hydrogens is 909 g/mol. The first-order valence-electron chi connectivity index (χ1n) is 25.7. The summed E-state index contributed by atoms with van der Waals surface area (Å²) in [5, 5.41) is 11.6. The fourth-order valence-electron chi connectivity index (χ4n) is 12.0. The van der Waals surface area contributed by atoms with Gasteiger partial charge in [-0.05, 0) is 141 Å². The first-order valence-corrected chi connectivity index (χ1v) is 28.7. The number of hydrogen-bond donors (Lipinski definition) is 0. The maximum absolute atomic E-state index is 5.68. The van der Waals surface area contributed by atoms with Crippen LogP contribution in [0.15, 0.2) is 267 Å². The Balaban J connectivity index is 0.918. The molecule has 0 spiro atoms. The van der Waals surface area contributed by atoms with Crippen LogP contribution in [0.1, 0.15) is 0 Å². The lowest BCUT2D eigenvalue weighted by molar-refractivity contribution is 1.28. The van der Waals surface area contributed by atoms with Crippen LogP contribution in [-0.4, -0.2) is 13.1 Å². The van der Waals surface area contributed by atoms with Gasteiger partial charge in [0.25, 0.3) is 0 Å². The predicted molar refractivity (Wildman–Crippen MR) is 318 cm³/mol. The number of rotatable bonds is 8. The van der Waals surface area contributed by atoms with Crippen LogP contribution >= 0.6 is 0 Å². The van der Waals surface area contributed by atoms with Gasteiger partial charge in [0.1, 0.15) is 8.07 Å². The quantitative estimate of drug-likeness (QED) is 0.111. The number of anilines is 3. The molecule has 12 aromatic carbocycles. The van der Waals surface area contributed by atoms with Gasteiger partial charge in [-0.15, -0.1) is 0 Å². The number of para-hydroxylation sites is 3. The number of pyridine rings is 1. The number of benzene rings is 12. The van der Waals surface area contributed by atoms with E-state index in [9.17, 15) is 0 Å². The highest BCUT2D eigenvalue weighted by Crippen LogP contribution is 2.46. The van der Waals surface area contributed by atoms with Crippen molar-refractivity contribution in [3.8, 4) is 66.9 Å². The smallest absolute Gasteiger partial charge is 0.113 e.